The molecule has 0 unspecified atom stereocenters. The van der Waals surface area contributed by atoms with Crippen LogP contribution < -0.4 is 5.73 Å². The third-order valence-electron chi connectivity index (χ3n) is 3.47. The summed E-state index contributed by atoms with van der Waals surface area (Å²) in [6, 6.07) is 5.72. The summed E-state index contributed by atoms with van der Waals surface area (Å²) >= 11 is 1.55. The molecule has 0 aliphatic heterocycles. The number of nitrogen functional groups attached to an aromatic ring is 1. The van der Waals surface area contributed by atoms with E-state index in [1.165, 1.54) is 0 Å². The first-order valence-corrected chi connectivity index (χ1v) is 7.52. The average Bonchev–Trinajstić information content (AvgIpc) is 3.16. The van der Waals surface area contributed by atoms with E-state index in [-0.39, 0.29) is 17.3 Å². The van der Waals surface area contributed by atoms with Crippen LogP contribution in [0.25, 0.3) is 0 Å². The fraction of sp³-hybridized carbons (Fsp3) is 0.267. The van der Waals surface area contributed by atoms with Crippen molar-refractivity contribution in [1.82, 2.24) is 4.90 Å². The fourth-order valence-corrected chi connectivity index (χ4v) is 2.91. The number of anilines is 1. The van der Waals surface area contributed by atoms with E-state index in [0.717, 1.165) is 23.8 Å². The minimum Gasteiger partial charge on any atom is -0.396 e. The summed E-state index contributed by atoms with van der Waals surface area (Å²) in [4.78, 5) is 15.2. The smallest absolute Gasteiger partial charge is 0.257 e. The van der Waals surface area contributed by atoms with Crippen molar-refractivity contribution < 1.29 is 13.6 Å². The third kappa shape index (κ3) is 2.90. The number of carbonyl (C=O) groups is 1. The molecule has 21 heavy (non-hydrogen) atoms. The number of nitrogens with zero attached hydrogens (tertiary/aromatic N) is 1. The first-order valence-electron chi connectivity index (χ1n) is 6.64. The lowest BCUT2D eigenvalue weighted by atomic mass is 10.1. The highest BCUT2D eigenvalue weighted by Gasteiger charge is 2.34. The van der Waals surface area contributed by atoms with E-state index in [4.69, 9.17) is 5.73 Å². The Balaban J connectivity index is 1.89. The van der Waals surface area contributed by atoms with Gasteiger partial charge in [-0.2, -0.15) is 0 Å². The SMILES string of the molecule is Nc1cc(C(=O)N(Cc2cccs2)C2CC2)c(F)cc1F. The van der Waals surface area contributed by atoms with E-state index in [2.05, 4.69) is 0 Å². The molecule has 1 heterocycles. The first-order chi connectivity index (χ1) is 10.1. The molecule has 0 bridgehead atoms. The van der Waals surface area contributed by atoms with Gasteiger partial charge < -0.3 is 10.6 Å². The summed E-state index contributed by atoms with van der Waals surface area (Å²) < 4.78 is 27.1. The molecule has 3 nitrogen and oxygen atoms in total. The zero-order chi connectivity index (χ0) is 15.0. The van der Waals surface area contributed by atoms with Gasteiger partial charge in [-0.05, 0) is 30.4 Å². The number of halogens is 2. The second-order valence-electron chi connectivity index (χ2n) is 5.10. The molecule has 1 aliphatic rings. The van der Waals surface area contributed by atoms with Gasteiger partial charge in [0.2, 0.25) is 0 Å². The molecule has 0 radical (unpaired) electrons. The Morgan fingerprint density at radius 2 is 2.10 bits per heavy atom. The fourth-order valence-electron chi connectivity index (χ4n) is 2.21. The number of rotatable bonds is 4. The Morgan fingerprint density at radius 3 is 2.71 bits per heavy atom. The summed E-state index contributed by atoms with van der Waals surface area (Å²) in [5.74, 6) is -2.15. The zero-order valence-corrected chi connectivity index (χ0v) is 12.0. The number of carbonyl (C=O) groups excluding carboxylic acids is 1. The van der Waals surface area contributed by atoms with Crippen LogP contribution >= 0.6 is 11.3 Å². The highest BCUT2D eigenvalue weighted by molar-refractivity contribution is 7.09. The monoisotopic (exact) mass is 308 g/mol. The number of nitrogens with two attached hydrogens (primary N) is 1. The van der Waals surface area contributed by atoms with E-state index in [1.807, 2.05) is 17.5 Å². The number of hydrogen-bond donors (Lipinski definition) is 1. The van der Waals surface area contributed by atoms with Crippen molar-refractivity contribution in [1.29, 1.82) is 0 Å². The van der Waals surface area contributed by atoms with Crippen LogP contribution in [0.3, 0.4) is 0 Å². The lowest BCUT2D eigenvalue weighted by Gasteiger charge is -2.22. The standard InChI is InChI=1S/C15H14F2N2OS/c16-12-7-13(17)14(18)6-11(12)15(20)19(9-3-4-9)8-10-2-1-5-21-10/h1-2,5-7,9H,3-4,8,18H2. The molecule has 1 fully saturated rings. The number of amides is 1. The lowest BCUT2D eigenvalue weighted by Crippen LogP contribution is -2.33. The number of benzene rings is 1. The van der Waals surface area contributed by atoms with Crippen LogP contribution in [0.5, 0.6) is 0 Å². The van der Waals surface area contributed by atoms with E-state index < -0.39 is 17.5 Å². The molecular weight excluding hydrogens is 294 g/mol. The van der Waals surface area contributed by atoms with Crippen LogP contribution in [0, 0.1) is 11.6 Å². The second kappa shape index (κ2) is 5.44. The summed E-state index contributed by atoms with van der Waals surface area (Å²) in [7, 11) is 0. The van der Waals surface area contributed by atoms with Crippen molar-refractivity contribution in [2.45, 2.75) is 25.4 Å². The second-order valence-corrected chi connectivity index (χ2v) is 6.13. The van der Waals surface area contributed by atoms with E-state index in [1.54, 1.807) is 16.2 Å². The minimum atomic E-state index is -0.872. The Hall–Kier alpha value is -1.95. The minimum absolute atomic E-state index is 0.130. The van der Waals surface area contributed by atoms with Crippen molar-refractivity contribution in [3.8, 4) is 0 Å². The van der Waals surface area contributed by atoms with Gasteiger partial charge in [0.15, 0.2) is 0 Å². The van der Waals surface area contributed by atoms with E-state index in [0.29, 0.717) is 12.6 Å². The Labute approximate surface area is 125 Å². The van der Waals surface area contributed by atoms with Crippen LogP contribution in [0.2, 0.25) is 0 Å². The van der Waals surface area contributed by atoms with E-state index >= 15 is 0 Å². The Bertz CT molecular complexity index is 669. The molecule has 2 aromatic rings. The van der Waals surface area contributed by atoms with Gasteiger partial charge in [0.25, 0.3) is 5.91 Å². The molecule has 1 amide bonds. The van der Waals surface area contributed by atoms with Gasteiger partial charge in [-0.25, -0.2) is 8.78 Å². The lowest BCUT2D eigenvalue weighted by molar-refractivity contribution is 0.0727. The summed E-state index contributed by atoms with van der Waals surface area (Å²) in [5.41, 5.74) is 5.06. The van der Waals surface area contributed by atoms with Crippen LogP contribution in [0.15, 0.2) is 29.6 Å². The first kappa shape index (κ1) is 14.0. The topological polar surface area (TPSA) is 46.3 Å². The van der Waals surface area contributed by atoms with Crippen molar-refractivity contribution in [2.75, 3.05) is 5.73 Å². The highest BCUT2D eigenvalue weighted by Crippen LogP contribution is 2.31. The van der Waals surface area contributed by atoms with Gasteiger partial charge in [-0.15, -0.1) is 11.3 Å². The molecule has 2 N–H and O–H groups in total. The van der Waals surface area contributed by atoms with Crippen LogP contribution in [-0.4, -0.2) is 16.8 Å². The van der Waals surface area contributed by atoms with Crippen molar-refractivity contribution in [2.24, 2.45) is 0 Å². The summed E-state index contributed by atoms with van der Waals surface area (Å²) in [5, 5.41) is 1.93. The highest BCUT2D eigenvalue weighted by atomic mass is 32.1. The quantitative estimate of drug-likeness (QED) is 0.880. The summed E-state index contributed by atoms with van der Waals surface area (Å²) in [6.45, 7) is 0.442. The molecule has 0 spiro atoms. The maximum Gasteiger partial charge on any atom is 0.257 e. The van der Waals surface area contributed by atoms with E-state index in [9.17, 15) is 13.6 Å². The molecular formula is C15H14F2N2OS. The van der Waals surface area contributed by atoms with Gasteiger partial charge >= 0.3 is 0 Å². The average molecular weight is 308 g/mol. The number of thiophene rings is 1. The predicted molar refractivity (Wildman–Crippen MR) is 78.0 cm³/mol. The van der Waals surface area contributed by atoms with Crippen molar-refractivity contribution >= 4 is 22.9 Å². The zero-order valence-electron chi connectivity index (χ0n) is 11.2. The van der Waals surface area contributed by atoms with Gasteiger partial charge in [0.05, 0.1) is 17.8 Å². The maximum atomic E-state index is 13.9. The Morgan fingerprint density at radius 1 is 1.33 bits per heavy atom. The molecule has 0 saturated heterocycles. The third-order valence-corrected chi connectivity index (χ3v) is 4.33. The van der Waals surface area contributed by atoms with Crippen LogP contribution in [-0.2, 0) is 6.54 Å². The molecule has 1 saturated carbocycles. The predicted octanol–water partition coefficient (Wildman–Crippen LogP) is 3.41. The molecule has 1 aromatic carbocycles. The molecule has 110 valence electrons. The van der Waals surface area contributed by atoms with Gasteiger partial charge in [-0.3, -0.25) is 4.79 Å². The molecule has 1 aliphatic carbocycles. The normalized spacial score (nSPS) is 14.2. The van der Waals surface area contributed by atoms with Gasteiger partial charge in [0, 0.05) is 17.0 Å². The molecule has 6 heteroatoms. The van der Waals surface area contributed by atoms with Crippen molar-refractivity contribution in [3.05, 3.63) is 51.7 Å². The van der Waals surface area contributed by atoms with Gasteiger partial charge in [0.1, 0.15) is 11.6 Å². The molecule has 0 atom stereocenters. The molecule has 1 aromatic heterocycles. The van der Waals surface area contributed by atoms with Crippen molar-refractivity contribution in [3.63, 3.8) is 0 Å². The van der Waals surface area contributed by atoms with Crippen LogP contribution in [0.1, 0.15) is 28.1 Å². The van der Waals surface area contributed by atoms with Gasteiger partial charge in [-0.1, -0.05) is 6.07 Å². The summed E-state index contributed by atoms with van der Waals surface area (Å²) in [6.07, 6.45) is 1.82. The maximum absolute atomic E-state index is 13.9. The Kier molecular flexibility index (Phi) is 3.63. The van der Waals surface area contributed by atoms with Crippen LogP contribution in [0.4, 0.5) is 14.5 Å². The largest absolute Gasteiger partial charge is 0.396 e. The molecule has 3 rings (SSSR count). The number of hydrogen-bond acceptors (Lipinski definition) is 3.